The van der Waals surface area contributed by atoms with E-state index in [2.05, 4.69) is 35.9 Å². The predicted molar refractivity (Wildman–Crippen MR) is 78.0 cm³/mol. The van der Waals surface area contributed by atoms with Crippen molar-refractivity contribution in [1.29, 1.82) is 0 Å². The quantitative estimate of drug-likeness (QED) is 0.806. The zero-order valence-corrected chi connectivity index (χ0v) is 12.5. The summed E-state index contributed by atoms with van der Waals surface area (Å²) in [5.41, 5.74) is 0. The van der Waals surface area contributed by atoms with Crippen LogP contribution in [-0.2, 0) is 0 Å². The van der Waals surface area contributed by atoms with Gasteiger partial charge in [0.1, 0.15) is 0 Å². The average Bonchev–Trinajstić information content (AvgIpc) is 2.85. The number of nitrogens with zero attached hydrogens (tertiary/aromatic N) is 2. The Balaban J connectivity index is 1.61. The zero-order valence-electron chi connectivity index (χ0n) is 12.5. The number of hydrogen-bond donors (Lipinski definition) is 1. The van der Waals surface area contributed by atoms with Gasteiger partial charge < -0.3 is 15.1 Å². The zero-order chi connectivity index (χ0) is 13.0. The minimum atomic E-state index is 0.721. The van der Waals surface area contributed by atoms with Crippen LogP contribution in [0.2, 0.25) is 0 Å². The Labute approximate surface area is 113 Å². The van der Waals surface area contributed by atoms with Crippen LogP contribution >= 0.6 is 0 Å². The van der Waals surface area contributed by atoms with Crippen LogP contribution in [0.4, 0.5) is 0 Å². The molecule has 2 rings (SSSR count). The number of rotatable bonds is 5. The van der Waals surface area contributed by atoms with Crippen LogP contribution in [0.15, 0.2) is 0 Å². The Morgan fingerprint density at radius 2 is 1.83 bits per heavy atom. The van der Waals surface area contributed by atoms with Gasteiger partial charge in [-0.15, -0.1) is 0 Å². The van der Waals surface area contributed by atoms with Gasteiger partial charge in [-0.3, -0.25) is 0 Å². The summed E-state index contributed by atoms with van der Waals surface area (Å²) < 4.78 is 0. The van der Waals surface area contributed by atoms with Gasteiger partial charge >= 0.3 is 0 Å². The molecule has 0 aromatic heterocycles. The van der Waals surface area contributed by atoms with Crippen molar-refractivity contribution in [3.63, 3.8) is 0 Å². The molecular formula is C15H31N3. The van der Waals surface area contributed by atoms with Gasteiger partial charge in [0.15, 0.2) is 0 Å². The lowest BCUT2D eigenvalue weighted by Crippen LogP contribution is -2.46. The molecule has 0 aliphatic carbocycles. The molecule has 1 atom stereocenters. The van der Waals surface area contributed by atoms with E-state index in [4.69, 9.17) is 0 Å². The van der Waals surface area contributed by atoms with E-state index in [-0.39, 0.29) is 0 Å². The maximum atomic E-state index is 3.81. The third-order valence-corrected chi connectivity index (χ3v) is 4.77. The lowest BCUT2D eigenvalue weighted by Gasteiger charge is -2.35. The molecule has 18 heavy (non-hydrogen) atoms. The van der Waals surface area contributed by atoms with Gasteiger partial charge in [0.2, 0.25) is 0 Å². The minimum Gasteiger partial charge on any atom is -0.314 e. The fourth-order valence-corrected chi connectivity index (χ4v) is 3.32. The van der Waals surface area contributed by atoms with Crippen molar-refractivity contribution in [1.82, 2.24) is 15.1 Å². The van der Waals surface area contributed by atoms with E-state index in [1.165, 1.54) is 58.5 Å². The second-order valence-corrected chi connectivity index (χ2v) is 6.36. The van der Waals surface area contributed by atoms with Crippen molar-refractivity contribution in [2.75, 3.05) is 39.3 Å². The molecule has 0 aromatic carbocycles. The van der Waals surface area contributed by atoms with Gasteiger partial charge in [-0.05, 0) is 71.8 Å². The smallest absolute Gasteiger partial charge is 0.00915 e. The van der Waals surface area contributed by atoms with E-state index in [0.29, 0.717) is 0 Å². The SMILES string of the molecule is CCN1CCC(CNC2CCN(C(C)C)CC2)C1. The van der Waals surface area contributed by atoms with Crippen molar-refractivity contribution in [2.45, 2.75) is 52.1 Å². The monoisotopic (exact) mass is 253 g/mol. The van der Waals surface area contributed by atoms with Crippen LogP contribution in [0.3, 0.4) is 0 Å². The van der Waals surface area contributed by atoms with Gasteiger partial charge in [0.25, 0.3) is 0 Å². The van der Waals surface area contributed by atoms with Gasteiger partial charge in [-0.1, -0.05) is 6.92 Å². The van der Waals surface area contributed by atoms with E-state index in [1.807, 2.05) is 0 Å². The lowest BCUT2D eigenvalue weighted by molar-refractivity contribution is 0.159. The first kappa shape index (κ1) is 14.3. The third kappa shape index (κ3) is 3.94. The van der Waals surface area contributed by atoms with Crippen LogP contribution in [0.1, 0.15) is 40.0 Å². The number of likely N-dealkylation sites (tertiary alicyclic amines) is 2. The van der Waals surface area contributed by atoms with Crippen molar-refractivity contribution < 1.29 is 0 Å². The van der Waals surface area contributed by atoms with E-state index in [1.54, 1.807) is 0 Å². The van der Waals surface area contributed by atoms with Gasteiger partial charge in [0.05, 0.1) is 0 Å². The fourth-order valence-electron chi connectivity index (χ4n) is 3.32. The van der Waals surface area contributed by atoms with Gasteiger partial charge in [-0.2, -0.15) is 0 Å². The highest BCUT2D eigenvalue weighted by atomic mass is 15.2. The Morgan fingerprint density at radius 1 is 1.11 bits per heavy atom. The Bertz CT molecular complexity index is 234. The van der Waals surface area contributed by atoms with E-state index in [0.717, 1.165) is 18.0 Å². The second kappa shape index (κ2) is 6.88. The predicted octanol–water partition coefficient (Wildman–Crippen LogP) is 1.79. The van der Waals surface area contributed by atoms with E-state index < -0.39 is 0 Å². The first-order chi connectivity index (χ1) is 8.69. The summed E-state index contributed by atoms with van der Waals surface area (Å²) in [6.07, 6.45) is 4.07. The molecular weight excluding hydrogens is 222 g/mol. The molecule has 0 saturated carbocycles. The lowest BCUT2D eigenvalue weighted by atomic mass is 10.0. The van der Waals surface area contributed by atoms with Crippen molar-refractivity contribution in [3.05, 3.63) is 0 Å². The Hall–Kier alpha value is -0.120. The van der Waals surface area contributed by atoms with Gasteiger partial charge in [-0.25, -0.2) is 0 Å². The Kier molecular flexibility index (Phi) is 5.46. The summed E-state index contributed by atoms with van der Waals surface area (Å²) in [4.78, 5) is 5.18. The molecule has 3 nitrogen and oxygen atoms in total. The average molecular weight is 253 g/mol. The second-order valence-electron chi connectivity index (χ2n) is 6.36. The van der Waals surface area contributed by atoms with Crippen molar-refractivity contribution in [3.8, 4) is 0 Å². The first-order valence-electron chi connectivity index (χ1n) is 7.88. The molecule has 1 unspecified atom stereocenters. The summed E-state index contributed by atoms with van der Waals surface area (Å²) in [5.74, 6) is 0.896. The molecule has 2 aliphatic rings. The van der Waals surface area contributed by atoms with Crippen LogP contribution in [-0.4, -0.2) is 61.2 Å². The topological polar surface area (TPSA) is 18.5 Å². The third-order valence-electron chi connectivity index (χ3n) is 4.77. The summed E-state index contributed by atoms with van der Waals surface area (Å²) in [6, 6.07) is 1.49. The minimum absolute atomic E-state index is 0.721. The fraction of sp³-hybridized carbons (Fsp3) is 1.00. The van der Waals surface area contributed by atoms with E-state index in [9.17, 15) is 0 Å². The molecule has 2 saturated heterocycles. The largest absolute Gasteiger partial charge is 0.314 e. The number of piperidine rings is 1. The first-order valence-corrected chi connectivity index (χ1v) is 7.88. The summed E-state index contributed by atoms with van der Waals surface area (Å²) in [7, 11) is 0. The highest BCUT2D eigenvalue weighted by Crippen LogP contribution is 2.17. The standard InChI is InChI=1S/C15H31N3/c1-4-17-8-5-14(12-17)11-16-15-6-9-18(10-7-15)13(2)3/h13-16H,4-12H2,1-3H3. The summed E-state index contributed by atoms with van der Waals surface area (Å²) in [5, 5.41) is 3.81. The molecule has 0 spiro atoms. The molecule has 0 bridgehead atoms. The normalized spacial score (nSPS) is 28.3. The molecule has 3 heteroatoms. The highest BCUT2D eigenvalue weighted by Gasteiger charge is 2.24. The van der Waals surface area contributed by atoms with Crippen LogP contribution in [0.25, 0.3) is 0 Å². The van der Waals surface area contributed by atoms with Crippen LogP contribution < -0.4 is 5.32 Å². The molecule has 2 aliphatic heterocycles. The molecule has 106 valence electrons. The van der Waals surface area contributed by atoms with Crippen LogP contribution in [0, 0.1) is 5.92 Å². The number of nitrogens with one attached hydrogen (secondary N) is 1. The molecule has 1 N–H and O–H groups in total. The van der Waals surface area contributed by atoms with Gasteiger partial charge in [0, 0.05) is 18.6 Å². The number of hydrogen-bond acceptors (Lipinski definition) is 3. The molecule has 0 radical (unpaired) electrons. The summed E-state index contributed by atoms with van der Waals surface area (Å²) in [6.45, 7) is 14.5. The maximum absolute atomic E-state index is 3.81. The summed E-state index contributed by atoms with van der Waals surface area (Å²) >= 11 is 0. The van der Waals surface area contributed by atoms with Crippen molar-refractivity contribution >= 4 is 0 Å². The molecule has 2 heterocycles. The highest BCUT2D eigenvalue weighted by molar-refractivity contribution is 4.82. The van der Waals surface area contributed by atoms with Crippen LogP contribution in [0.5, 0.6) is 0 Å². The van der Waals surface area contributed by atoms with Crippen molar-refractivity contribution in [2.24, 2.45) is 5.92 Å². The Morgan fingerprint density at radius 3 is 2.39 bits per heavy atom. The molecule has 0 amide bonds. The molecule has 2 fully saturated rings. The van der Waals surface area contributed by atoms with E-state index >= 15 is 0 Å². The maximum Gasteiger partial charge on any atom is 0.00915 e. The molecule has 0 aromatic rings.